The van der Waals surface area contributed by atoms with E-state index in [9.17, 15) is 14.4 Å². The number of thioether (sulfide) groups is 1. The molecule has 3 aromatic carbocycles. The third kappa shape index (κ3) is 6.57. The number of carbonyl (C=O) groups is 3. The first kappa shape index (κ1) is 27.7. The second-order valence-corrected chi connectivity index (χ2v) is 11.1. The lowest BCUT2D eigenvalue weighted by atomic mass is 10.1. The van der Waals surface area contributed by atoms with E-state index in [0.717, 1.165) is 36.9 Å². The van der Waals surface area contributed by atoms with Crippen LogP contribution in [0.25, 0.3) is 6.08 Å². The maximum Gasteiger partial charge on any atom is 0.294 e. The number of carbonyl (C=O) groups excluding carboxylic acids is 3. The van der Waals surface area contributed by atoms with E-state index >= 15 is 0 Å². The summed E-state index contributed by atoms with van der Waals surface area (Å²) in [5, 5.41) is 2.26. The summed E-state index contributed by atoms with van der Waals surface area (Å²) < 4.78 is 12.4. The average Bonchev–Trinajstić information content (AvgIpc) is 3.13. The van der Waals surface area contributed by atoms with Crippen LogP contribution in [0.5, 0.6) is 11.5 Å². The Morgan fingerprint density at radius 1 is 1.03 bits per heavy atom. The van der Waals surface area contributed by atoms with Crippen LogP contribution >= 0.6 is 34.4 Å². The van der Waals surface area contributed by atoms with Gasteiger partial charge in [0, 0.05) is 5.69 Å². The zero-order valence-electron chi connectivity index (χ0n) is 21.5. The molecule has 1 saturated heterocycles. The smallest absolute Gasteiger partial charge is 0.294 e. The average molecular weight is 643 g/mol. The van der Waals surface area contributed by atoms with Crippen molar-refractivity contribution < 1.29 is 23.9 Å². The number of halogens is 1. The standard InChI is InChI=1S/C29H27IN2O5S/c1-17-5-8-20(9-6-17)16-37-27-23(30)12-21(13-24(27)36-4)14-25-28(34)32(29(35)38-25)15-26(33)31-22-10-7-18(2)19(3)11-22/h5-14H,15-16H2,1-4H3,(H,31,33)/b25-14-. The molecule has 0 unspecified atom stereocenters. The lowest BCUT2D eigenvalue weighted by Gasteiger charge is -2.14. The third-order valence-corrected chi connectivity index (χ3v) is 7.73. The molecule has 0 saturated carbocycles. The van der Waals surface area contributed by atoms with Crippen LogP contribution in [0, 0.1) is 24.3 Å². The molecule has 0 aromatic heterocycles. The van der Waals surface area contributed by atoms with Crippen molar-refractivity contribution in [1.29, 1.82) is 0 Å². The minimum Gasteiger partial charge on any atom is -0.493 e. The normalized spacial score (nSPS) is 14.2. The monoisotopic (exact) mass is 642 g/mol. The third-order valence-electron chi connectivity index (χ3n) is 6.02. The van der Waals surface area contributed by atoms with Crippen LogP contribution in [0.4, 0.5) is 10.5 Å². The second kappa shape index (κ2) is 12.0. The largest absolute Gasteiger partial charge is 0.493 e. The summed E-state index contributed by atoms with van der Waals surface area (Å²) in [5.41, 5.74) is 5.65. The second-order valence-electron chi connectivity index (χ2n) is 8.92. The number of hydrogen-bond acceptors (Lipinski definition) is 6. The number of ether oxygens (including phenoxy) is 2. The highest BCUT2D eigenvalue weighted by molar-refractivity contribution is 14.1. The van der Waals surface area contributed by atoms with Gasteiger partial charge in [-0.15, -0.1) is 0 Å². The van der Waals surface area contributed by atoms with Crippen molar-refractivity contribution in [2.24, 2.45) is 0 Å². The summed E-state index contributed by atoms with van der Waals surface area (Å²) in [6.45, 7) is 5.99. The van der Waals surface area contributed by atoms with Gasteiger partial charge in [0.05, 0.1) is 15.6 Å². The van der Waals surface area contributed by atoms with Crippen LogP contribution in [-0.2, 0) is 16.2 Å². The maximum atomic E-state index is 13.0. The van der Waals surface area contributed by atoms with E-state index in [-0.39, 0.29) is 11.4 Å². The van der Waals surface area contributed by atoms with E-state index in [0.29, 0.717) is 29.4 Å². The lowest BCUT2D eigenvalue weighted by Crippen LogP contribution is -2.36. The van der Waals surface area contributed by atoms with E-state index in [1.54, 1.807) is 25.3 Å². The topological polar surface area (TPSA) is 84.9 Å². The number of nitrogens with one attached hydrogen (secondary N) is 1. The number of amides is 3. The van der Waals surface area contributed by atoms with Gasteiger partial charge in [0.1, 0.15) is 13.2 Å². The fraction of sp³-hybridized carbons (Fsp3) is 0.207. The van der Waals surface area contributed by atoms with Crippen molar-refractivity contribution in [2.45, 2.75) is 27.4 Å². The maximum absolute atomic E-state index is 13.0. The van der Waals surface area contributed by atoms with Crippen LogP contribution in [0.15, 0.2) is 59.5 Å². The molecular weight excluding hydrogens is 615 g/mol. The summed E-state index contributed by atoms with van der Waals surface area (Å²) in [7, 11) is 1.55. The molecule has 4 rings (SSSR count). The quantitative estimate of drug-likeness (QED) is 0.224. The first-order chi connectivity index (χ1) is 18.1. The Morgan fingerprint density at radius 3 is 2.45 bits per heavy atom. The molecule has 0 atom stereocenters. The Bertz CT molecular complexity index is 1440. The Hall–Kier alpha value is -3.31. The molecule has 0 aliphatic carbocycles. The SMILES string of the molecule is COc1cc(/C=C2\SC(=O)N(CC(=O)Nc3ccc(C)c(C)c3)C2=O)cc(I)c1OCc1ccc(C)cc1. The number of benzene rings is 3. The van der Waals surface area contributed by atoms with Gasteiger partial charge in [-0.2, -0.15) is 0 Å². The Balaban J connectivity index is 1.46. The summed E-state index contributed by atoms with van der Waals surface area (Å²) in [6.07, 6.45) is 1.63. The number of rotatable bonds is 8. The van der Waals surface area contributed by atoms with Gasteiger partial charge in [0.25, 0.3) is 11.1 Å². The summed E-state index contributed by atoms with van der Waals surface area (Å²) in [4.78, 5) is 39.3. The molecule has 0 radical (unpaired) electrons. The molecule has 1 N–H and O–H groups in total. The van der Waals surface area contributed by atoms with Crippen LogP contribution < -0.4 is 14.8 Å². The predicted molar refractivity (Wildman–Crippen MR) is 158 cm³/mol. The molecule has 7 nitrogen and oxygen atoms in total. The molecule has 9 heteroatoms. The molecule has 1 aliphatic heterocycles. The first-order valence-corrected chi connectivity index (χ1v) is 13.7. The van der Waals surface area contributed by atoms with Crippen molar-refractivity contribution in [3.05, 3.63) is 90.9 Å². The first-order valence-electron chi connectivity index (χ1n) is 11.8. The molecule has 38 heavy (non-hydrogen) atoms. The van der Waals surface area contributed by atoms with Gasteiger partial charge in [0.2, 0.25) is 5.91 Å². The summed E-state index contributed by atoms with van der Waals surface area (Å²) >= 11 is 2.96. The molecule has 1 aliphatic rings. The molecule has 0 spiro atoms. The molecule has 1 heterocycles. The van der Waals surface area contributed by atoms with Gasteiger partial charge in [-0.25, -0.2) is 0 Å². The van der Waals surface area contributed by atoms with Gasteiger partial charge < -0.3 is 14.8 Å². The summed E-state index contributed by atoms with van der Waals surface area (Å²) in [5.74, 6) is 0.163. The Morgan fingerprint density at radius 2 is 1.76 bits per heavy atom. The van der Waals surface area contributed by atoms with Gasteiger partial charge in [-0.05, 0) is 108 Å². The van der Waals surface area contributed by atoms with Gasteiger partial charge in [0.15, 0.2) is 11.5 Å². The van der Waals surface area contributed by atoms with Crippen molar-refractivity contribution in [1.82, 2.24) is 4.90 Å². The van der Waals surface area contributed by atoms with Crippen LogP contribution in [0.3, 0.4) is 0 Å². The molecule has 3 amide bonds. The van der Waals surface area contributed by atoms with Crippen molar-refractivity contribution in [3.63, 3.8) is 0 Å². The van der Waals surface area contributed by atoms with Gasteiger partial charge in [-0.1, -0.05) is 35.9 Å². The highest BCUT2D eigenvalue weighted by Crippen LogP contribution is 2.37. The van der Waals surface area contributed by atoms with Crippen molar-refractivity contribution in [2.75, 3.05) is 19.0 Å². The summed E-state index contributed by atoms with van der Waals surface area (Å²) in [6, 6.07) is 17.3. The molecule has 0 bridgehead atoms. The Kier molecular flexibility index (Phi) is 8.78. The zero-order chi connectivity index (χ0) is 27.4. The van der Waals surface area contributed by atoms with Crippen molar-refractivity contribution >= 4 is 63.2 Å². The number of methoxy groups -OCH3 is 1. The van der Waals surface area contributed by atoms with E-state index in [2.05, 4.69) is 27.9 Å². The number of aryl methyl sites for hydroxylation is 3. The van der Waals surface area contributed by atoms with Crippen molar-refractivity contribution in [3.8, 4) is 11.5 Å². The molecular formula is C29H27IN2O5S. The number of imide groups is 1. The molecule has 1 fully saturated rings. The van der Waals surface area contributed by atoms with E-state index in [4.69, 9.17) is 9.47 Å². The van der Waals surface area contributed by atoms with E-state index in [1.807, 2.05) is 63.2 Å². The minimum atomic E-state index is -0.510. The number of nitrogens with zero attached hydrogens (tertiary/aromatic N) is 1. The van der Waals surface area contributed by atoms with Crippen LogP contribution in [0.2, 0.25) is 0 Å². The van der Waals surface area contributed by atoms with Gasteiger partial charge in [-0.3, -0.25) is 19.3 Å². The van der Waals surface area contributed by atoms with Crippen LogP contribution in [-0.4, -0.2) is 35.6 Å². The lowest BCUT2D eigenvalue weighted by molar-refractivity contribution is -0.127. The highest BCUT2D eigenvalue weighted by atomic mass is 127. The van der Waals surface area contributed by atoms with Crippen LogP contribution in [0.1, 0.15) is 27.8 Å². The van der Waals surface area contributed by atoms with E-state index in [1.165, 1.54) is 5.56 Å². The minimum absolute atomic E-state index is 0.236. The number of anilines is 1. The van der Waals surface area contributed by atoms with E-state index < -0.39 is 17.1 Å². The molecule has 196 valence electrons. The Labute approximate surface area is 239 Å². The predicted octanol–water partition coefficient (Wildman–Crippen LogP) is 6.48. The fourth-order valence-electron chi connectivity index (χ4n) is 3.75. The molecule has 3 aromatic rings. The fourth-order valence-corrected chi connectivity index (χ4v) is 5.37. The van der Waals surface area contributed by atoms with Gasteiger partial charge >= 0.3 is 0 Å². The zero-order valence-corrected chi connectivity index (χ0v) is 24.4. The highest BCUT2D eigenvalue weighted by Gasteiger charge is 2.36. The number of hydrogen-bond donors (Lipinski definition) is 1.